The molecule has 0 spiro atoms. The lowest BCUT2D eigenvalue weighted by Crippen LogP contribution is -3.16. The van der Waals surface area contributed by atoms with Gasteiger partial charge in [-0.3, -0.25) is 14.3 Å². The number of rotatable bonds is 3. The van der Waals surface area contributed by atoms with Crippen LogP contribution in [0.5, 0.6) is 0 Å². The Morgan fingerprint density at radius 1 is 1.30 bits per heavy atom. The number of furan rings is 1. The summed E-state index contributed by atoms with van der Waals surface area (Å²) in [5.41, 5.74) is -0.00494. The first-order valence-corrected chi connectivity index (χ1v) is 8.19. The van der Waals surface area contributed by atoms with Crippen LogP contribution in [0.4, 0.5) is 5.82 Å². The minimum atomic E-state index is -0.401. The molecule has 0 radical (unpaired) electrons. The van der Waals surface area contributed by atoms with Crippen LogP contribution < -0.4 is 21.5 Å². The third kappa shape index (κ3) is 2.61. The van der Waals surface area contributed by atoms with E-state index in [2.05, 4.69) is 10.3 Å². The first-order chi connectivity index (χ1) is 11.2. The highest BCUT2D eigenvalue weighted by Gasteiger charge is 2.32. The van der Waals surface area contributed by atoms with Gasteiger partial charge in [0.25, 0.3) is 5.56 Å². The molecule has 0 bridgehead atoms. The second-order valence-corrected chi connectivity index (χ2v) is 6.42. The highest BCUT2D eigenvalue weighted by molar-refractivity contribution is 5.44. The summed E-state index contributed by atoms with van der Waals surface area (Å²) in [7, 11) is 0. The van der Waals surface area contributed by atoms with Gasteiger partial charge in [0.1, 0.15) is 23.7 Å². The largest absolute Gasteiger partial charge is 0.467 e. The zero-order valence-corrected chi connectivity index (χ0v) is 12.9. The molecule has 122 valence electrons. The van der Waals surface area contributed by atoms with Gasteiger partial charge in [0.2, 0.25) is 0 Å². The van der Waals surface area contributed by atoms with Gasteiger partial charge in [-0.15, -0.1) is 0 Å². The van der Waals surface area contributed by atoms with Crippen LogP contribution in [-0.2, 0) is 13.1 Å². The van der Waals surface area contributed by atoms with Crippen molar-refractivity contribution < 1.29 is 9.32 Å². The Morgan fingerprint density at radius 2 is 2.13 bits per heavy atom. The average Bonchev–Trinajstić information content (AvgIpc) is 3.24. The molecule has 1 fully saturated rings. The van der Waals surface area contributed by atoms with E-state index in [4.69, 9.17) is 4.42 Å². The lowest BCUT2D eigenvalue weighted by atomic mass is 10.1. The van der Waals surface area contributed by atoms with Crippen LogP contribution in [0.15, 0.2) is 32.4 Å². The Balaban J connectivity index is 1.69. The molecule has 1 unspecified atom stereocenters. The fraction of sp³-hybridized carbons (Fsp3) is 0.500. The summed E-state index contributed by atoms with van der Waals surface area (Å²) in [4.78, 5) is 28.3. The van der Waals surface area contributed by atoms with Gasteiger partial charge in [-0.25, -0.2) is 4.79 Å². The lowest BCUT2D eigenvalue weighted by molar-refractivity contribution is -0.936. The minimum absolute atomic E-state index is 0.275. The number of H-pyrrole nitrogens is 1. The molecule has 23 heavy (non-hydrogen) atoms. The molecule has 1 saturated carbocycles. The summed E-state index contributed by atoms with van der Waals surface area (Å²) >= 11 is 0. The molecule has 2 aliphatic rings. The number of anilines is 1. The zero-order chi connectivity index (χ0) is 15.8. The lowest BCUT2D eigenvalue weighted by Gasteiger charge is -2.31. The van der Waals surface area contributed by atoms with Gasteiger partial charge in [0.15, 0.2) is 6.67 Å². The Hall–Kier alpha value is -2.28. The predicted octanol–water partition coefficient (Wildman–Crippen LogP) is -0.112. The molecule has 2 aromatic heterocycles. The quantitative estimate of drug-likeness (QED) is 0.737. The molecule has 1 aliphatic carbocycles. The molecule has 0 amide bonds. The highest BCUT2D eigenvalue weighted by Crippen LogP contribution is 2.18. The summed E-state index contributed by atoms with van der Waals surface area (Å²) in [6.07, 6.45) is 6.56. The van der Waals surface area contributed by atoms with Crippen molar-refractivity contribution >= 4 is 5.82 Å². The van der Waals surface area contributed by atoms with E-state index < -0.39 is 5.69 Å². The number of quaternary nitrogens is 1. The second-order valence-electron chi connectivity index (χ2n) is 6.42. The molecule has 4 rings (SSSR count). The van der Waals surface area contributed by atoms with E-state index in [0.29, 0.717) is 36.3 Å². The van der Waals surface area contributed by atoms with Crippen molar-refractivity contribution in [1.29, 1.82) is 0 Å². The van der Waals surface area contributed by atoms with Crippen molar-refractivity contribution in [2.45, 2.75) is 44.8 Å². The Bertz CT molecular complexity index is 800. The molecule has 7 nitrogen and oxygen atoms in total. The predicted molar refractivity (Wildman–Crippen MR) is 84.5 cm³/mol. The van der Waals surface area contributed by atoms with Crippen molar-refractivity contribution in [1.82, 2.24) is 9.55 Å². The summed E-state index contributed by atoms with van der Waals surface area (Å²) in [5.74, 6) is 1.32. The fourth-order valence-electron chi connectivity index (χ4n) is 3.80. The maximum Gasteiger partial charge on any atom is 0.330 e. The number of hydrogen-bond acceptors (Lipinski definition) is 4. The summed E-state index contributed by atoms with van der Waals surface area (Å²) in [5, 5.41) is 3.32. The van der Waals surface area contributed by atoms with E-state index in [1.807, 2.05) is 6.07 Å². The molecule has 1 aliphatic heterocycles. The molecule has 3 N–H and O–H groups in total. The van der Waals surface area contributed by atoms with Crippen LogP contribution >= 0.6 is 0 Å². The van der Waals surface area contributed by atoms with E-state index in [1.165, 1.54) is 30.6 Å². The van der Waals surface area contributed by atoms with Crippen molar-refractivity contribution in [3.8, 4) is 0 Å². The topological polar surface area (TPSA) is 84.5 Å². The zero-order valence-electron chi connectivity index (χ0n) is 12.9. The average molecular weight is 317 g/mol. The minimum Gasteiger partial charge on any atom is -0.467 e. The van der Waals surface area contributed by atoms with Gasteiger partial charge >= 0.3 is 5.69 Å². The number of fused-ring (bicyclic) bond motifs is 1. The van der Waals surface area contributed by atoms with E-state index in [0.717, 1.165) is 6.67 Å². The van der Waals surface area contributed by atoms with Crippen LogP contribution in [0.3, 0.4) is 0 Å². The Morgan fingerprint density at radius 3 is 2.87 bits per heavy atom. The Kier molecular flexibility index (Phi) is 3.57. The summed E-state index contributed by atoms with van der Waals surface area (Å²) in [6, 6.07) is 4.22. The van der Waals surface area contributed by atoms with Crippen molar-refractivity contribution in [2.24, 2.45) is 0 Å². The van der Waals surface area contributed by atoms with E-state index in [1.54, 1.807) is 16.9 Å². The van der Waals surface area contributed by atoms with Crippen molar-refractivity contribution in [3.05, 3.63) is 50.6 Å². The number of hydrogen-bond donors (Lipinski definition) is 3. The molecule has 0 saturated heterocycles. The van der Waals surface area contributed by atoms with Gasteiger partial charge in [0.05, 0.1) is 18.8 Å². The number of nitrogens with zero attached hydrogens (tertiary/aromatic N) is 1. The molecule has 7 heteroatoms. The van der Waals surface area contributed by atoms with E-state index >= 15 is 0 Å². The molecular weight excluding hydrogens is 296 g/mol. The normalized spacial score (nSPS) is 21.1. The maximum atomic E-state index is 12.3. The second kappa shape index (κ2) is 5.73. The molecule has 3 heterocycles. The number of aromatic amines is 1. The third-order valence-corrected chi connectivity index (χ3v) is 5.01. The molecule has 0 aromatic carbocycles. The van der Waals surface area contributed by atoms with E-state index in [-0.39, 0.29) is 5.56 Å². The molecule has 1 atom stereocenters. The van der Waals surface area contributed by atoms with Gasteiger partial charge in [0, 0.05) is 0 Å². The van der Waals surface area contributed by atoms with Gasteiger partial charge in [-0.1, -0.05) is 0 Å². The van der Waals surface area contributed by atoms with Crippen LogP contribution in [-0.4, -0.2) is 22.3 Å². The van der Waals surface area contributed by atoms with Crippen LogP contribution in [0.1, 0.15) is 37.0 Å². The fourth-order valence-corrected chi connectivity index (χ4v) is 3.80. The smallest absolute Gasteiger partial charge is 0.330 e. The van der Waals surface area contributed by atoms with Crippen molar-refractivity contribution in [2.75, 3.05) is 12.0 Å². The van der Waals surface area contributed by atoms with Crippen molar-refractivity contribution in [3.63, 3.8) is 0 Å². The van der Waals surface area contributed by atoms with E-state index in [9.17, 15) is 9.59 Å². The number of nitrogens with one attached hydrogen (secondary N) is 3. The standard InChI is InChI=1S/C16H20N4O3/c21-15-13-9-19(11-4-1-2-5-11)10-17-14(13)20(16(22)18-15)8-12-6-3-7-23-12/h3,6-7,11,17H,1-2,4-5,8-10H2,(H,18,21,22)/p+1. The highest BCUT2D eigenvalue weighted by atomic mass is 16.3. The van der Waals surface area contributed by atoms with Gasteiger partial charge < -0.3 is 14.6 Å². The first kappa shape index (κ1) is 14.3. The summed E-state index contributed by atoms with van der Waals surface area (Å²) < 4.78 is 6.89. The van der Waals surface area contributed by atoms with Crippen LogP contribution in [0.2, 0.25) is 0 Å². The third-order valence-electron chi connectivity index (χ3n) is 5.01. The maximum absolute atomic E-state index is 12.3. The SMILES string of the molecule is O=c1[nH]c(=O)n(Cc2ccco2)c2c1C[NH+](C1CCCC1)CN2. The molecule has 2 aromatic rings. The Labute approximate surface area is 132 Å². The molecular formula is C16H21N4O3+. The number of aromatic nitrogens is 2. The van der Waals surface area contributed by atoms with Gasteiger partial charge in [-0.2, -0.15) is 0 Å². The van der Waals surface area contributed by atoms with Crippen LogP contribution in [0.25, 0.3) is 0 Å². The van der Waals surface area contributed by atoms with Gasteiger partial charge in [-0.05, 0) is 37.8 Å². The monoisotopic (exact) mass is 317 g/mol. The summed E-state index contributed by atoms with van der Waals surface area (Å²) in [6.45, 7) is 1.73. The first-order valence-electron chi connectivity index (χ1n) is 8.19. The van der Waals surface area contributed by atoms with Crippen LogP contribution in [0, 0.1) is 0 Å².